The first-order chi connectivity index (χ1) is 12.3. The van der Waals surface area contributed by atoms with Crippen LogP contribution >= 0.6 is 11.3 Å². The van der Waals surface area contributed by atoms with Gasteiger partial charge < -0.3 is 10.0 Å². The van der Waals surface area contributed by atoms with Crippen molar-refractivity contribution in [3.8, 4) is 0 Å². The zero-order chi connectivity index (χ0) is 18.8. The number of aryl methyl sites for hydroxylation is 1. The molecule has 2 atom stereocenters. The SMILES string of the molecule is Cc1nc(Cc2ccc(F)cc2)sc1C(=O)N1CC(C)CC(C(=O)O)C1. The van der Waals surface area contributed by atoms with Crippen molar-refractivity contribution in [1.82, 2.24) is 9.88 Å². The Kier molecular flexibility index (Phi) is 5.36. The van der Waals surface area contributed by atoms with Crippen molar-refractivity contribution in [2.45, 2.75) is 26.7 Å². The standard InChI is InChI=1S/C19H21FN2O3S/c1-11-7-14(19(24)25)10-22(9-11)18(23)17-12(2)21-16(26-17)8-13-3-5-15(20)6-4-13/h3-6,11,14H,7-10H2,1-2H3,(H,24,25). The fraction of sp³-hybridized carbons (Fsp3) is 0.421. The Morgan fingerprint density at radius 3 is 2.65 bits per heavy atom. The number of amides is 1. The molecule has 7 heteroatoms. The van der Waals surface area contributed by atoms with Crippen LogP contribution in [-0.2, 0) is 11.2 Å². The first-order valence-corrected chi connectivity index (χ1v) is 9.38. The molecule has 3 rings (SSSR count). The number of hydrogen-bond acceptors (Lipinski definition) is 4. The molecule has 1 N–H and O–H groups in total. The summed E-state index contributed by atoms with van der Waals surface area (Å²) >= 11 is 1.33. The number of carboxylic acids is 1. The van der Waals surface area contributed by atoms with Crippen LogP contribution in [0, 0.1) is 24.6 Å². The highest BCUT2D eigenvalue weighted by atomic mass is 32.1. The summed E-state index contributed by atoms with van der Waals surface area (Å²) in [7, 11) is 0. The molecule has 0 saturated carbocycles. The predicted molar refractivity (Wildman–Crippen MR) is 96.9 cm³/mol. The van der Waals surface area contributed by atoms with Gasteiger partial charge in [0, 0.05) is 19.5 Å². The van der Waals surface area contributed by atoms with Gasteiger partial charge in [0.05, 0.1) is 16.6 Å². The highest BCUT2D eigenvalue weighted by molar-refractivity contribution is 7.13. The highest BCUT2D eigenvalue weighted by Gasteiger charge is 2.33. The first kappa shape index (κ1) is 18.5. The molecule has 2 unspecified atom stereocenters. The largest absolute Gasteiger partial charge is 0.481 e. The summed E-state index contributed by atoms with van der Waals surface area (Å²) in [6.07, 6.45) is 1.13. The topological polar surface area (TPSA) is 70.5 Å². The van der Waals surface area contributed by atoms with Gasteiger partial charge in [-0.15, -0.1) is 11.3 Å². The lowest BCUT2D eigenvalue weighted by Gasteiger charge is -2.34. The molecule has 1 fully saturated rings. The number of carbonyl (C=O) groups excluding carboxylic acids is 1. The summed E-state index contributed by atoms with van der Waals surface area (Å²) < 4.78 is 13.0. The van der Waals surface area contributed by atoms with E-state index in [9.17, 15) is 19.1 Å². The minimum absolute atomic E-state index is 0.150. The lowest BCUT2D eigenvalue weighted by molar-refractivity contribution is -0.143. The van der Waals surface area contributed by atoms with Crippen LogP contribution in [0.4, 0.5) is 4.39 Å². The van der Waals surface area contributed by atoms with Crippen molar-refractivity contribution in [3.05, 3.63) is 51.2 Å². The molecule has 138 valence electrons. The minimum Gasteiger partial charge on any atom is -0.481 e. The van der Waals surface area contributed by atoms with E-state index in [2.05, 4.69) is 4.98 Å². The molecule has 26 heavy (non-hydrogen) atoms. The van der Waals surface area contributed by atoms with Crippen LogP contribution < -0.4 is 0 Å². The van der Waals surface area contributed by atoms with Crippen LogP contribution in [0.3, 0.4) is 0 Å². The van der Waals surface area contributed by atoms with Crippen LogP contribution in [0.1, 0.15) is 39.3 Å². The van der Waals surface area contributed by atoms with E-state index in [1.165, 1.54) is 23.5 Å². The van der Waals surface area contributed by atoms with Crippen LogP contribution in [0.5, 0.6) is 0 Å². The number of rotatable bonds is 4. The summed E-state index contributed by atoms with van der Waals surface area (Å²) in [6, 6.07) is 6.22. The Morgan fingerprint density at radius 2 is 2.00 bits per heavy atom. The smallest absolute Gasteiger partial charge is 0.308 e. The number of aromatic nitrogens is 1. The minimum atomic E-state index is -0.854. The molecule has 1 aliphatic rings. The predicted octanol–water partition coefficient (Wildman–Crippen LogP) is 3.36. The molecule has 1 amide bonds. The third-order valence-corrected chi connectivity index (χ3v) is 5.75. The van der Waals surface area contributed by atoms with Gasteiger partial charge >= 0.3 is 5.97 Å². The molecule has 1 aromatic carbocycles. The average molecular weight is 376 g/mol. The van der Waals surface area contributed by atoms with Gasteiger partial charge in [0.25, 0.3) is 5.91 Å². The van der Waals surface area contributed by atoms with Crippen LogP contribution in [0.15, 0.2) is 24.3 Å². The number of aliphatic carboxylic acids is 1. The van der Waals surface area contributed by atoms with E-state index in [1.54, 1.807) is 24.0 Å². The monoisotopic (exact) mass is 376 g/mol. The van der Waals surface area contributed by atoms with Crippen LogP contribution in [-0.4, -0.2) is 40.0 Å². The summed E-state index contributed by atoms with van der Waals surface area (Å²) in [5.74, 6) is -1.65. The van der Waals surface area contributed by atoms with E-state index in [4.69, 9.17) is 0 Å². The maximum atomic E-state index is 13.0. The third-order valence-electron chi connectivity index (χ3n) is 4.60. The summed E-state index contributed by atoms with van der Waals surface area (Å²) in [4.78, 5) is 30.9. The van der Waals surface area contributed by atoms with Gasteiger partial charge in [-0.3, -0.25) is 9.59 Å². The Bertz CT molecular complexity index is 819. The molecule has 0 aliphatic carbocycles. The molecule has 1 aliphatic heterocycles. The second-order valence-corrected chi connectivity index (χ2v) is 8.00. The van der Waals surface area contributed by atoms with Gasteiger partial charge in [-0.05, 0) is 37.0 Å². The highest BCUT2D eigenvalue weighted by Crippen LogP contribution is 2.27. The van der Waals surface area contributed by atoms with Crippen molar-refractivity contribution in [2.75, 3.05) is 13.1 Å². The Balaban J connectivity index is 1.76. The summed E-state index contributed by atoms with van der Waals surface area (Å²) in [5.41, 5.74) is 1.58. The fourth-order valence-corrected chi connectivity index (χ4v) is 4.41. The van der Waals surface area contributed by atoms with Crippen molar-refractivity contribution in [1.29, 1.82) is 0 Å². The maximum Gasteiger partial charge on any atom is 0.308 e. The van der Waals surface area contributed by atoms with Crippen molar-refractivity contribution in [2.24, 2.45) is 11.8 Å². The zero-order valence-electron chi connectivity index (χ0n) is 14.7. The molecule has 1 aromatic heterocycles. The molecular formula is C19H21FN2O3S. The fourth-order valence-electron chi connectivity index (χ4n) is 3.34. The molecule has 1 saturated heterocycles. The lowest BCUT2D eigenvalue weighted by Crippen LogP contribution is -2.45. The number of halogens is 1. The van der Waals surface area contributed by atoms with E-state index < -0.39 is 11.9 Å². The molecular weight excluding hydrogens is 355 g/mol. The second kappa shape index (κ2) is 7.53. The number of thiazole rings is 1. The first-order valence-electron chi connectivity index (χ1n) is 8.56. The van der Waals surface area contributed by atoms with E-state index in [0.29, 0.717) is 30.0 Å². The number of carboxylic acid groups (broad SMARTS) is 1. The zero-order valence-corrected chi connectivity index (χ0v) is 15.6. The number of carbonyl (C=O) groups is 2. The maximum absolute atomic E-state index is 13.0. The van der Waals surface area contributed by atoms with Crippen LogP contribution in [0.25, 0.3) is 0 Å². The normalized spacial score (nSPS) is 20.2. The molecule has 2 aromatic rings. The molecule has 0 spiro atoms. The van der Waals surface area contributed by atoms with E-state index >= 15 is 0 Å². The average Bonchev–Trinajstić information content (AvgIpc) is 2.96. The number of benzene rings is 1. The third kappa shape index (κ3) is 4.09. The Hall–Kier alpha value is -2.28. The molecule has 2 heterocycles. The number of nitrogens with zero attached hydrogens (tertiary/aromatic N) is 2. The quantitative estimate of drug-likeness (QED) is 0.888. The van der Waals surface area contributed by atoms with Gasteiger partial charge in [0.2, 0.25) is 0 Å². The van der Waals surface area contributed by atoms with E-state index in [-0.39, 0.29) is 24.2 Å². The second-order valence-electron chi connectivity index (χ2n) is 6.91. The van der Waals surface area contributed by atoms with Gasteiger partial charge in [-0.1, -0.05) is 19.1 Å². The Labute approximate surface area is 155 Å². The van der Waals surface area contributed by atoms with Gasteiger partial charge in [0.15, 0.2) is 0 Å². The molecule has 0 radical (unpaired) electrons. The van der Waals surface area contributed by atoms with Crippen LogP contribution in [0.2, 0.25) is 0 Å². The van der Waals surface area contributed by atoms with E-state index in [1.807, 2.05) is 6.92 Å². The van der Waals surface area contributed by atoms with E-state index in [0.717, 1.165) is 10.6 Å². The van der Waals surface area contributed by atoms with Crippen molar-refractivity contribution in [3.63, 3.8) is 0 Å². The van der Waals surface area contributed by atoms with Crippen molar-refractivity contribution >= 4 is 23.2 Å². The molecule has 5 nitrogen and oxygen atoms in total. The Morgan fingerprint density at radius 1 is 1.31 bits per heavy atom. The summed E-state index contributed by atoms with van der Waals surface area (Å²) in [6.45, 7) is 4.56. The van der Waals surface area contributed by atoms with Gasteiger partial charge in [-0.2, -0.15) is 0 Å². The number of hydrogen-bond donors (Lipinski definition) is 1. The summed E-state index contributed by atoms with van der Waals surface area (Å²) in [5, 5.41) is 10.1. The lowest BCUT2D eigenvalue weighted by atomic mass is 9.90. The van der Waals surface area contributed by atoms with Gasteiger partial charge in [-0.25, -0.2) is 9.37 Å². The van der Waals surface area contributed by atoms with Gasteiger partial charge in [0.1, 0.15) is 10.7 Å². The molecule has 0 bridgehead atoms. The number of piperidine rings is 1. The van der Waals surface area contributed by atoms with Crippen molar-refractivity contribution < 1.29 is 19.1 Å². The number of likely N-dealkylation sites (tertiary alicyclic amines) is 1.